The van der Waals surface area contributed by atoms with Crippen molar-refractivity contribution in [2.24, 2.45) is 0 Å². The number of rotatable bonds is 2. The summed E-state index contributed by atoms with van der Waals surface area (Å²) in [5.74, 6) is 0.289. The predicted octanol–water partition coefficient (Wildman–Crippen LogP) is 2.56. The molecule has 0 amide bonds. The third-order valence-corrected chi connectivity index (χ3v) is 2.59. The molecule has 0 atom stereocenters. The number of nitrogens with zero attached hydrogens (tertiary/aromatic N) is 3. The molecular formula is C13H10N3O2. The van der Waals surface area contributed by atoms with Crippen molar-refractivity contribution in [3.63, 3.8) is 0 Å². The van der Waals surface area contributed by atoms with Gasteiger partial charge in [-0.15, -0.1) is 0 Å². The Balaban J connectivity index is 2.03. The van der Waals surface area contributed by atoms with E-state index in [1.807, 2.05) is 24.3 Å². The number of para-hydroxylation sites is 2. The van der Waals surface area contributed by atoms with Crippen molar-refractivity contribution in [3.05, 3.63) is 43.6 Å². The van der Waals surface area contributed by atoms with Gasteiger partial charge in [0.15, 0.2) is 5.58 Å². The van der Waals surface area contributed by atoms with E-state index in [1.165, 1.54) is 4.68 Å². The zero-order valence-electron chi connectivity index (χ0n) is 9.54. The molecule has 2 heterocycles. The minimum absolute atomic E-state index is 0.161. The van der Waals surface area contributed by atoms with Gasteiger partial charge in [-0.25, -0.2) is 9.67 Å². The zero-order chi connectivity index (χ0) is 12.5. The van der Waals surface area contributed by atoms with Crippen LogP contribution in [-0.2, 0) is 0 Å². The van der Waals surface area contributed by atoms with Crippen LogP contribution in [0.25, 0.3) is 22.6 Å². The van der Waals surface area contributed by atoms with Crippen molar-refractivity contribution < 1.29 is 9.21 Å². The Hall–Kier alpha value is -2.43. The van der Waals surface area contributed by atoms with Crippen molar-refractivity contribution in [1.29, 1.82) is 0 Å². The van der Waals surface area contributed by atoms with E-state index >= 15 is 0 Å². The maximum Gasteiger partial charge on any atom is 0.246 e. The first-order chi connectivity index (χ1) is 8.78. The van der Waals surface area contributed by atoms with Crippen LogP contribution >= 0.6 is 0 Å². The average Bonchev–Trinajstić information content (AvgIpc) is 3.03. The lowest BCUT2D eigenvalue weighted by atomic mass is 10.3. The summed E-state index contributed by atoms with van der Waals surface area (Å²) in [7, 11) is 0. The van der Waals surface area contributed by atoms with Crippen molar-refractivity contribution in [1.82, 2.24) is 14.8 Å². The van der Waals surface area contributed by atoms with Crippen molar-refractivity contribution >= 4 is 17.0 Å². The highest BCUT2D eigenvalue weighted by atomic mass is 16.3. The molecule has 0 aliphatic rings. The Morgan fingerprint density at radius 3 is 3.00 bits per heavy atom. The van der Waals surface area contributed by atoms with Crippen LogP contribution < -0.4 is 0 Å². The van der Waals surface area contributed by atoms with Crippen LogP contribution in [0.2, 0.25) is 0 Å². The molecule has 0 saturated carbocycles. The van der Waals surface area contributed by atoms with Crippen LogP contribution in [0.4, 0.5) is 0 Å². The fraction of sp³-hybridized carbons (Fsp3) is 0.0769. The molecule has 1 radical (unpaired) electrons. The second-order valence-corrected chi connectivity index (χ2v) is 3.80. The normalized spacial score (nSPS) is 10.9. The average molecular weight is 240 g/mol. The SMILES string of the molecule is [CH2]CC(=O)n1cc(-c2nc3ccccc3o2)cn1. The molecule has 3 aromatic rings. The Kier molecular flexibility index (Phi) is 2.44. The molecule has 89 valence electrons. The van der Waals surface area contributed by atoms with Gasteiger partial charge in [0.1, 0.15) is 5.52 Å². The highest BCUT2D eigenvalue weighted by molar-refractivity contribution is 5.80. The molecule has 0 fully saturated rings. The van der Waals surface area contributed by atoms with Gasteiger partial charge in [-0.2, -0.15) is 5.10 Å². The molecule has 0 spiro atoms. The van der Waals surface area contributed by atoms with Crippen LogP contribution in [0.5, 0.6) is 0 Å². The molecule has 0 N–H and O–H groups in total. The molecule has 18 heavy (non-hydrogen) atoms. The lowest BCUT2D eigenvalue weighted by molar-refractivity contribution is 0.0901. The fourth-order valence-corrected chi connectivity index (χ4v) is 1.68. The van der Waals surface area contributed by atoms with Crippen molar-refractivity contribution in [2.45, 2.75) is 6.42 Å². The Bertz CT molecular complexity index is 679. The highest BCUT2D eigenvalue weighted by Crippen LogP contribution is 2.23. The van der Waals surface area contributed by atoms with Crippen molar-refractivity contribution in [3.8, 4) is 11.5 Å². The number of hydrogen-bond donors (Lipinski definition) is 0. The van der Waals surface area contributed by atoms with Gasteiger partial charge in [0.05, 0.1) is 11.8 Å². The van der Waals surface area contributed by atoms with E-state index in [9.17, 15) is 4.79 Å². The van der Waals surface area contributed by atoms with Crippen molar-refractivity contribution in [2.75, 3.05) is 0 Å². The number of carbonyl (C=O) groups is 1. The summed E-state index contributed by atoms with van der Waals surface area (Å²) in [5, 5.41) is 3.96. The molecule has 1 aromatic carbocycles. The number of oxazole rings is 1. The van der Waals surface area contributed by atoms with Gasteiger partial charge in [-0.1, -0.05) is 12.1 Å². The van der Waals surface area contributed by atoms with Crippen LogP contribution in [0, 0.1) is 6.92 Å². The van der Waals surface area contributed by atoms with E-state index in [4.69, 9.17) is 4.42 Å². The summed E-state index contributed by atoms with van der Waals surface area (Å²) in [6.45, 7) is 3.53. The molecule has 0 unspecified atom stereocenters. The maximum atomic E-state index is 11.4. The van der Waals surface area contributed by atoms with Gasteiger partial charge in [0, 0.05) is 12.6 Å². The smallest absolute Gasteiger partial charge is 0.246 e. The third kappa shape index (κ3) is 1.69. The summed E-state index contributed by atoms with van der Waals surface area (Å²) in [4.78, 5) is 15.8. The van der Waals surface area contributed by atoms with Crippen LogP contribution in [0.15, 0.2) is 41.1 Å². The molecule has 0 bridgehead atoms. The minimum Gasteiger partial charge on any atom is -0.436 e. The molecule has 3 rings (SSSR count). The second kappa shape index (κ2) is 4.10. The number of aromatic nitrogens is 3. The lowest BCUT2D eigenvalue weighted by Gasteiger charge is -1.93. The first-order valence-electron chi connectivity index (χ1n) is 5.51. The molecule has 2 aromatic heterocycles. The number of benzene rings is 1. The summed E-state index contributed by atoms with van der Waals surface area (Å²) >= 11 is 0. The quantitative estimate of drug-likeness (QED) is 0.690. The lowest BCUT2D eigenvalue weighted by Crippen LogP contribution is -2.08. The Morgan fingerprint density at radius 1 is 1.39 bits per heavy atom. The van der Waals surface area contributed by atoms with Crippen LogP contribution in [0.3, 0.4) is 0 Å². The van der Waals surface area contributed by atoms with E-state index in [1.54, 1.807) is 12.4 Å². The number of hydrogen-bond acceptors (Lipinski definition) is 4. The first-order valence-corrected chi connectivity index (χ1v) is 5.51. The first kappa shape index (κ1) is 10.7. The minimum atomic E-state index is -0.169. The van der Waals surface area contributed by atoms with E-state index in [0.717, 1.165) is 5.52 Å². The van der Waals surface area contributed by atoms with E-state index < -0.39 is 0 Å². The summed E-state index contributed by atoms with van der Waals surface area (Å²) in [5.41, 5.74) is 2.17. The standard InChI is InChI=1S/C13H10N3O2/c1-2-12(17)16-8-9(7-14-16)13-15-10-5-3-4-6-11(10)18-13/h3-8H,1-2H2. The van der Waals surface area contributed by atoms with Gasteiger partial charge in [0.2, 0.25) is 11.8 Å². The summed E-state index contributed by atoms with van der Waals surface area (Å²) < 4.78 is 6.84. The van der Waals surface area contributed by atoms with Gasteiger partial charge in [-0.05, 0) is 19.1 Å². The van der Waals surface area contributed by atoms with Crippen LogP contribution in [0.1, 0.15) is 11.2 Å². The number of carbonyl (C=O) groups excluding carboxylic acids is 1. The van der Waals surface area contributed by atoms with Gasteiger partial charge >= 0.3 is 0 Å². The molecule has 0 aliphatic carbocycles. The molecule has 5 heteroatoms. The fourth-order valence-electron chi connectivity index (χ4n) is 1.68. The Labute approximate surface area is 103 Å². The zero-order valence-corrected chi connectivity index (χ0v) is 9.54. The topological polar surface area (TPSA) is 60.9 Å². The van der Waals surface area contributed by atoms with E-state index in [2.05, 4.69) is 17.0 Å². The second-order valence-electron chi connectivity index (χ2n) is 3.80. The van der Waals surface area contributed by atoms with Gasteiger partial charge in [0.25, 0.3) is 0 Å². The largest absolute Gasteiger partial charge is 0.436 e. The molecular weight excluding hydrogens is 230 g/mol. The molecule has 0 saturated heterocycles. The Morgan fingerprint density at radius 2 is 2.22 bits per heavy atom. The van der Waals surface area contributed by atoms with E-state index in [0.29, 0.717) is 17.0 Å². The summed E-state index contributed by atoms with van der Waals surface area (Å²) in [6.07, 6.45) is 3.31. The highest BCUT2D eigenvalue weighted by Gasteiger charge is 2.11. The third-order valence-electron chi connectivity index (χ3n) is 2.59. The summed E-state index contributed by atoms with van der Waals surface area (Å²) in [6, 6.07) is 7.49. The predicted molar refractivity (Wildman–Crippen MR) is 65.8 cm³/mol. The van der Waals surface area contributed by atoms with E-state index in [-0.39, 0.29) is 12.3 Å². The van der Waals surface area contributed by atoms with Gasteiger partial charge < -0.3 is 4.42 Å². The van der Waals surface area contributed by atoms with Gasteiger partial charge in [-0.3, -0.25) is 4.79 Å². The van der Waals surface area contributed by atoms with Crippen LogP contribution in [-0.4, -0.2) is 20.7 Å². The molecule has 5 nitrogen and oxygen atoms in total. The molecule has 0 aliphatic heterocycles. The monoisotopic (exact) mass is 240 g/mol. The number of fused-ring (bicyclic) bond motifs is 1. The maximum absolute atomic E-state index is 11.4.